The van der Waals surface area contributed by atoms with E-state index in [0.29, 0.717) is 12.2 Å². The number of nitrogens with zero attached hydrogens (tertiary/aromatic N) is 3. The first-order chi connectivity index (χ1) is 11.9. The summed E-state index contributed by atoms with van der Waals surface area (Å²) in [6.45, 7) is 5.20. The largest absolute Gasteiger partial charge is 0.365 e. The van der Waals surface area contributed by atoms with Crippen molar-refractivity contribution < 1.29 is 14.3 Å². The number of pyridine rings is 1. The number of aromatic nitrogens is 1. The number of rotatable bonds is 8. The van der Waals surface area contributed by atoms with Gasteiger partial charge in [0.05, 0.1) is 12.6 Å². The molecular weight excluding hydrogens is 320 g/mol. The van der Waals surface area contributed by atoms with Crippen LogP contribution in [0.15, 0.2) is 18.3 Å². The molecule has 2 rings (SSSR count). The highest BCUT2D eigenvalue weighted by Gasteiger charge is 2.28. The third kappa shape index (κ3) is 5.51. The number of carbonyl (C=O) groups excluding carboxylic acids is 2. The lowest BCUT2D eigenvalue weighted by atomic mass is 10.2. The van der Waals surface area contributed by atoms with E-state index in [-0.39, 0.29) is 24.2 Å². The lowest BCUT2D eigenvalue weighted by Gasteiger charge is -2.29. The molecule has 0 aromatic carbocycles. The van der Waals surface area contributed by atoms with Crippen LogP contribution in [-0.2, 0) is 14.3 Å². The van der Waals surface area contributed by atoms with Crippen LogP contribution in [0.3, 0.4) is 0 Å². The number of hydrogen-bond donors (Lipinski definition) is 1. The van der Waals surface area contributed by atoms with Gasteiger partial charge in [0.2, 0.25) is 0 Å². The molecule has 3 atom stereocenters. The van der Waals surface area contributed by atoms with Crippen LogP contribution in [0, 0.1) is 0 Å². The smallest absolute Gasteiger partial charge is 0.253 e. The monoisotopic (exact) mass is 348 g/mol. The molecule has 0 aliphatic carbocycles. The van der Waals surface area contributed by atoms with E-state index in [9.17, 15) is 9.59 Å². The zero-order valence-electron chi connectivity index (χ0n) is 15.4. The number of aldehydes is 1. The maximum absolute atomic E-state index is 12.3. The van der Waals surface area contributed by atoms with Gasteiger partial charge >= 0.3 is 0 Å². The topological polar surface area (TPSA) is 74.8 Å². The molecule has 7 heteroatoms. The van der Waals surface area contributed by atoms with E-state index in [1.807, 2.05) is 36.9 Å². The molecule has 1 fully saturated rings. The van der Waals surface area contributed by atoms with Gasteiger partial charge in [-0.2, -0.15) is 0 Å². The Hall–Kier alpha value is -1.99. The molecule has 0 radical (unpaired) electrons. The Morgan fingerprint density at radius 2 is 2.24 bits per heavy atom. The average molecular weight is 348 g/mol. The second-order valence-corrected chi connectivity index (χ2v) is 6.75. The first-order valence-electron chi connectivity index (χ1n) is 8.68. The zero-order chi connectivity index (χ0) is 18.4. The van der Waals surface area contributed by atoms with Gasteiger partial charge in [-0.05, 0) is 39.8 Å². The SMILES string of the molecule is CC1CCC(C(=O)Nc2ccnc(N(C)C(C)CN(C)CC=O)c2)O1. The lowest BCUT2D eigenvalue weighted by Crippen LogP contribution is -2.39. The summed E-state index contributed by atoms with van der Waals surface area (Å²) in [6.07, 6.45) is 4.01. The van der Waals surface area contributed by atoms with Gasteiger partial charge in [0.25, 0.3) is 5.91 Å². The molecule has 0 spiro atoms. The van der Waals surface area contributed by atoms with E-state index < -0.39 is 0 Å². The van der Waals surface area contributed by atoms with Crippen LogP contribution >= 0.6 is 0 Å². The number of carbonyl (C=O) groups is 2. The summed E-state index contributed by atoms with van der Waals surface area (Å²) in [4.78, 5) is 31.3. The van der Waals surface area contributed by atoms with Crippen molar-refractivity contribution in [1.29, 1.82) is 0 Å². The Morgan fingerprint density at radius 1 is 1.48 bits per heavy atom. The number of likely N-dealkylation sites (N-methyl/N-ethyl adjacent to an activating group) is 2. The van der Waals surface area contributed by atoms with Crippen LogP contribution in [0.25, 0.3) is 0 Å². The van der Waals surface area contributed by atoms with Gasteiger partial charge in [-0.25, -0.2) is 4.98 Å². The second-order valence-electron chi connectivity index (χ2n) is 6.75. The normalized spacial score (nSPS) is 21.2. The van der Waals surface area contributed by atoms with Crippen LogP contribution in [-0.4, -0.2) is 67.5 Å². The molecular formula is C18H28N4O3. The van der Waals surface area contributed by atoms with Gasteiger partial charge in [0.1, 0.15) is 18.2 Å². The van der Waals surface area contributed by atoms with Crippen LogP contribution < -0.4 is 10.2 Å². The number of amides is 1. The third-order valence-electron chi connectivity index (χ3n) is 4.52. The highest BCUT2D eigenvalue weighted by Crippen LogP contribution is 2.22. The Kier molecular flexibility index (Phi) is 6.90. The van der Waals surface area contributed by atoms with E-state index >= 15 is 0 Å². The zero-order valence-corrected chi connectivity index (χ0v) is 15.4. The van der Waals surface area contributed by atoms with Crippen molar-refractivity contribution in [2.24, 2.45) is 0 Å². The summed E-state index contributed by atoms with van der Waals surface area (Å²) in [6, 6.07) is 3.80. The standard InChI is InChI=1S/C18H28N4O3/c1-13(12-21(3)9-10-23)22(4)17-11-15(7-8-19-17)20-18(24)16-6-5-14(2)25-16/h7-8,10-11,13-14,16H,5-6,9,12H2,1-4H3,(H,19,20,24). The summed E-state index contributed by atoms with van der Waals surface area (Å²) in [5.41, 5.74) is 0.707. The molecule has 2 heterocycles. The Bertz CT molecular complexity index is 595. The molecule has 0 bridgehead atoms. The maximum Gasteiger partial charge on any atom is 0.253 e. The van der Waals surface area contributed by atoms with Gasteiger partial charge in [-0.1, -0.05) is 0 Å². The molecule has 138 valence electrons. The summed E-state index contributed by atoms with van der Waals surface area (Å²) in [5.74, 6) is 0.661. The molecule has 1 saturated heterocycles. The molecule has 1 N–H and O–H groups in total. The average Bonchev–Trinajstić information content (AvgIpc) is 3.01. The molecule has 1 amide bonds. The summed E-state index contributed by atoms with van der Waals surface area (Å²) >= 11 is 0. The molecule has 3 unspecified atom stereocenters. The summed E-state index contributed by atoms with van der Waals surface area (Å²) in [7, 11) is 3.86. The van der Waals surface area contributed by atoms with Crippen molar-refractivity contribution in [3.8, 4) is 0 Å². The van der Waals surface area contributed by atoms with E-state index in [1.54, 1.807) is 12.3 Å². The van der Waals surface area contributed by atoms with E-state index in [4.69, 9.17) is 4.74 Å². The van der Waals surface area contributed by atoms with Gasteiger partial charge in [0, 0.05) is 37.6 Å². The molecule has 1 aromatic rings. The van der Waals surface area contributed by atoms with Crippen molar-refractivity contribution in [1.82, 2.24) is 9.88 Å². The molecule has 25 heavy (non-hydrogen) atoms. The second kappa shape index (κ2) is 8.92. The molecule has 7 nitrogen and oxygen atoms in total. The minimum absolute atomic E-state index is 0.108. The minimum atomic E-state index is -0.375. The fraction of sp³-hybridized carbons (Fsp3) is 0.611. The Labute approximate surface area is 149 Å². The van der Waals surface area contributed by atoms with Gasteiger partial charge in [0.15, 0.2) is 0 Å². The van der Waals surface area contributed by atoms with Crippen molar-refractivity contribution in [2.75, 3.05) is 37.4 Å². The number of ether oxygens (including phenoxy) is 1. The van der Waals surface area contributed by atoms with Gasteiger partial charge < -0.3 is 19.7 Å². The summed E-state index contributed by atoms with van der Waals surface area (Å²) < 4.78 is 5.61. The molecule has 1 aromatic heterocycles. The quantitative estimate of drug-likeness (QED) is 0.719. The number of anilines is 2. The van der Waals surface area contributed by atoms with E-state index in [2.05, 4.69) is 17.2 Å². The predicted molar refractivity (Wildman–Crippen MR) is 97.9 cm³/mol. The highest BCUT2D eigenvalue weighted by molar-refractivity contribution is 5.94. The fourth-order valence-electron chi connectivity index (χ4n) is 2.91. The van der Waals surface area contributed by atoms with Crippen LogP contribution in [0.1, 0.15) is 26.7 Å². The van der Waals surface area contributed by atoms with Crippen LogP contribution in [0.2, 0.25) is 0 Å². The third-order valence-corrected chi connectivity index (χ3v) is 4.52. The fourth-order valence-corrected chi connectivity index (χ4v) is 2.91. The first-order valence-corrected chi connectivity index (χ1v) is 8.68. The molecule has 0 saturated carbocycles. The minimum Gasteiger partial charge on any atom is -0.365 e. The molecule has 1 aliphatic heterocycles. The van der Waals surface area contributed by atoms with Crippen molar-refractivity contribution in [2.45, 2.75) is 44.9 Å². The predicted octanol–water partition coefficient (Wildman–Crippen LogP) is 1.54. The van der Waals surface area contributed by atoms with Crippen LogP contribution in [0.4, 0.5) is 11.5 Å². The Morgan fingerprint density at radius 3 is 2.88 bits per heavy atom. The molecule has 1 aliphatic rings. The van der Waals surface area contributed by atoms with Gasteiger partial charge in [-0.15, -0.1) is 0 Å². The van der Waals surface area contributed by atoms with E-state index in [0.717, 1.165) is 31.5 Å². The first kappa shape index (κ1) is 19.3. The highest BCUT2D eigenvalue weighted by atomic mass is 16.5. The van der Waals surface area contributed by atoms with Crippen molar-refractivity contribution in [3.63, 3.8) is 0 Å². The van der Waals surface area contributed by atoms with Gasteiger partial charge in [-0.3, -0.25) is 9.69 Å². The summed E-state index contributed by atoms with van der Waals surface area (Å²) in [5, 5.41) is 2.91. The van der Waals surface area contributed by atoms with Crippen molar-refractivity contribution >= 4 is 23.7 Å². The Balaban J connectivity index is 1.97. The number of hydrogen-bond acceptors (Lipinski definition) is 6. The maximum atomic E-state index is 12.3. The van der Waals surface area contributed by atoms with E-state index in [1.165, 1.54) is 0 Å². The van der Waals surface area contributed by atoms with Crippen molar-refractivity contribution in [3.05, 3.63) is 18.3 Å². The van der Waals surface area contributed by atoms with Crippen LogP contribution in [0.5, 0.6) is 0 Å². The number of nitrogens with one attached hydrogen (secondary N) is 1. The lowest BCUT2D eigenvalue weighted by molar-refractivity contribution is -0.126.